The molecule has 6 heteroatoms. The third-order valence-electron chi connectivity index (χ3n) is 5.51. The summed E-state index contributed by atoms with van der Waals surface area (Å²) in [7, 11) is 0. The lowest BCUT2D eigenvalue weighted by Gasteiger charge is -2.25. The second kappa shape index (κ2) is 9.55. The van der Waals surface area contributed by atoms with Gasteiger partial charge in [0, 0.05) is 16.4 Å². The van der Waals surface area contributed by atoms with Gasteiger partial charge in [-0.15, -0.1) is 0 Å². The van der Waals surface area contributed by atoms with Gasteiger partial charge in [-0.1, -0.05) is 53.7 Å². The molecule has 0 spiro atoms. The number of rotatable bonds is 5. The number of anilines is 1. The lowest BCUT2D eigenvalue weighted by Crippen LogP contribution is -2.23. The third kappa shape index (κ3) is 5.10. The molecular formula is C25H22ClN3OS. The maximum Gasteiger partial charge on any atom is 0.237 e. The molecule has 3 aromatic rings. The molecule has 2 unspecified atom stereocenters. The van der Waals surface area contributed by atoms with Crippen molar-refractivity contribution >= 4 is 35.0 Å². The maximum absolute atomic E-state index is 12.6. The van der Waals surface area contributed by atoms with Crippen LogP contribution in [0.25, 0.3) is 0 Å². The van der Waals surface area contributed by atoms with Crippen LogP contribution in [0.3, 0.4) is 0 Å². The summed E-state index contributed by atoms with van der Waals surface area (Å²) in [6.07, 6.45) is 2.80. The largest absolute Gasteiger partial charge is 0.325 e. The molecule has 0 fully saturated rings. The average molecular weight is 448 g/mol. The number of hydrogen-bond acceptors (Lipinski definition) is 4. The molecule has 0 bridgehead atoms. The summed E-state index contributed by atoms with van der Waals surface area (Å²) in [6, 6.07) is 21.7. The minimum absolute atomic E-state index is 0.139. The Morgan fingerprint density at radius 2 is 1.97 bits per heavy atom. The first-order valence-electron chi connectivity index (χ1n) is 10.2. The zero-order valence-corrected chi connectivity index (χ0v) is 18.7. The Hall–Kier alpha value is -2.81. The molecule has 0 saturated heterocycles. The van der Waals surface area contributed by atoms with Crippen molar-refractivity contribution in [2.24, 2.45) is 0 Å². The van der Waals surface area contributed by atoms with Crippen LogP contribution in [-0.4, -0.2) is 16.1 Å². The molecule has 4 nitrogen and oxygen atoms in total. The normalized spacial score (nSPS) is 16.1. The van der Waals surface area contributed by atoms with E-state index in [1.54, 1.807) is 24.3 Å². The number of aromatic nitrogens is 1. The fourth-order valence-corrected chi connectivity index (χ4v) is 4.84. The number of nitriles is 1. The first kappa shape index (κ1) is 21.4. The van der Waals surface area contributed by atoms with Crippen LogP contribution in [0.15, 0.2) is 65.7 Å². The van der Waals surface area contributed by atoms with E-state index in [-0.39, 0.29) is 5.91 Å². The van der Waals surface area contributed by atoms with E-state index in [0.717, 1.165) is 30.5 Å². The molecule has 1 N–H and O–H groups in total. The van der Waals surface area contributed by atoms with E-state index in [2.05, 4.69) is 35.7 Å². The first-order chi connectivity index (χ1) is 15.0. The number of carbonyl (C=O) groups is 1. The lowest BCUT2D eigenvalue weighted by atomic mass is 9.82. The van der Waals surface area contributed by atoms with Gasteiger partial charge in [-0.2, -0.15) is 5.26 Å². The minimum atomic E-state index is -0.394. The fourth-order valence-electron chi connectivity index (χ4n) is 3.82. The molecule has 0 radical (unpaired) electrons. The Labute approximate surface area is 191 Å². The van der Waals surface area contributed by atoms with E-state index in [1.807, 2.05) is 19.1 Å². The van der Waals surface area contributed by atoms with Crippen molar-refractivity contribution in [3.63, 3.8) is 0 Å². The van der Waals surface area contributed by atoms with Gasteiger partial charge in [-0.25, -0.2) is 4.98 Å². The Balaban J connectivity index is 1.48. The summed E-state index contributed by atoms with van der Waals surface area (Å²) in [5, 5.41) is 13.4. The van der Waals surface area contributed by atoms with Gasteiger partial charge in [-0.05, 0) is 73.6 Å². The number of nitrogens with one attached hydrogen (secondary N) is 1. The van der Waals surface area contributed by atoms with Crippen molar-refractivity contribution in [1.82, 2.24) is 4.98 Å². The monoisotopic (exact) mass is 447 g/mol. The second-order valence-electron chi connectivity index (χ2n) is 7.67. The van der Waals surface area contributed by atoms with Crippen LogP contribution in [0.2, 0.25) is 5.02 Å². The molecule has 0 aliphatic heterocycles. The summed E-state index contributed by atoms with van der Waals surface area (Å²) in [5.74, 6) is 0.310. The van der Waals surface area contributed by atoms with Gasteiger partial charge in [0.25, 0.3) is 0 Å². The van der Waals surface area contributed by atoms with Gasteiger partial charge in [0.05, 0.1) is 10.8 Å². The highest BCUT2D eigenvalue weighted by Gasteiger charge is 2.24. The van der Waals surface area contributed by atoms with Crippen LogP contribution in [-0.2, 0) is 17.6 Å². The number of pyridine rings is 1. The molecule has 2 atom stereocenters. The molecule has 1 amide bonds. The standard InChI is InChI=1S/C25H22ClN3OS/c1-16(24(30)28-22-10-8-21(26)9-11-22)31-25-20(15-27)14-19-13-18(7-12-23(19)29-25)17-5-3-2-4-6-17/h2-6,8-11,14,16,18H,7,12-13H2,1H3,(H,28,30). The summed E-state index contributed by atoms with van der Waals surface area (Å²) >= 11 is 7.22. The number of hydrogen-bond donors (Lipinski definition) is 1. The number of fused-ring (bicyclic) bond motifs is 1. The van der Waals surface area contributed by atoms with Crippen LogP contribution in [0.5, 0.6) is 0 Å². The van der Waals surface area contributed by atoms with Crippen molar-refractivity contribution < 1.29 is 4.79 Å². The maximum atomic E-state index is 12.6. The quantitative estimate of drug-likeness (QED) is 0.487. The van der Waals surface area contributed by atoms with Crippen LogP contribution in [0, 0.1) is 11.3 Å². The first-order valence-corrected chi connectivity index (χ1v) is 11.5. The molecule has 156 valence electrons. The molecule has 1 aliphatic rings. The van der Waals surface area contributed by atoms with E-state index in [1.165, 1.54) is 17.3 Å². The van der Waals surface area contributed by atoms with Crippen LogP contribution >= 0.6 is 23.4 Å². The van der Waals surface area contributed by atoms with E-state index in [9.17, 15) is 10.1 Å². The lowest BCUT2D eigenvalue weighted by molar-refractivity contribution is -0.115. The van der Waals surface area contributed by atoms with Crippen molar-refractivity contribution in [2.75, 3.05) is 5.32 Å². The van der Waals surface area contributed by atoms with Crippen molar-refractivity contribution in [1.29, 1.82) is 5.26 Å². The van der Waals surface area contributed by atoms with E-state index >= 15 is 0 Å². The van der Waals surface area contributed by atoms with Crippen LogP contribution in [0.1, 0.15) is 41.6 Å². The molecule has 2 aromatic carbocycles. The molecule has 0 saturated carbocycles. The van der Waals surface area contributed by atoms with Gasteiger partial charge < -0.3 is 5.32 Å². The van der Waals surface area contributed by atoms with Crippen molar-refractivity contribution in [3.8, 4) is 6.07 Å². The molecular weight excluding hydrogens is 426 g/mol. The number of amides is 1. The van der Waals surface area contributed by atoms with Crippen molar-refractivity contribution in [3.05, 3.63) is 88.1 Å². The topological polar surface area (TPSA) is 65.8 Å². The Kier molecular flexibility index (Phi) is 6.60. The second-order valence-corrected chi connectivity index (χ2v) is 9.43. The Morgan fingerprint density at radius 3 is 2.68 bits per heavy atom. The number of carbonyl (C=O) groups excluding carboxylic acids is 1. The minimum Gasteiger partial charge on any atom is -0.325 e. The zero-order valence-electron chi connectivity index (χ0n) is 17.1. The Morgan fingerprint density at radius 1 is 1.23 bits per heavy atom. The molecule has 1 aromatic heterocycles. The van der Waals surface area contributed by atoms with Crippen LogP contribution in [0.4, 0.5) is 5.69 Å². The summed E-state index contributed by atoms with van der Waals surface area (Å²) in [4.78, 5) is 17.4. The number of thioether (sulfide) groups is 1. The predicted octanol–water partition coefficient (Wildman–Crippen LogP) is 6.00. The highest BCUT2D eigenvalue weighted by Crippen LogP contribution is 2.35. The van der Waals surface area contributed by atoms with E-state index in [4.69, 9.17) is 16.6 Å². The van der Waals surface area contributed by atoms with Gasteiger partial charge in [0.2, 0.25) is 5.91 Å². The van der Waals surface area contributed by atoms with Gasteiger partial charge in [0.15, 0.2) is 0 Å². The summed E-state index contributed by atoms with van der Waals surface area (Å²) in [5.41, 5.74) is 4.73. The predicted molar refractivity (Wildman–Crippen MR) is 126 cm³/mol. The molecule has 31 heavy (non-hydrogen) atoms. The zero-order chi connectivity index (χ0) is 21.8. The number of benzene rings is 2. The van der Waals surface area contributed by atoms with Gasteiger partial charge in [0.1, 0.15) is 11.1 Å². The molecule has 1 aliphatic carbocycles. The van der Waals surface area contributed by atoms with Crippen molar-refractivity contribution in [2.45, 2.75) is 42.4 Å². The van der Waals surface area contributed by atoms with E-state index < -0.39 is 5.25 Å². The highest BCUT2D eigenvalue weighted by atomic mass is 35.5. The van der Waals surface area contributed by atoms with Crippen LogP contribution < -0.4 is 5.32 Å². The SMILES string of the molecule is CC(Sc1nc2c(cc1C#N)CC(c1ccccc1)CC2)C(=O)Nc1ccc(Cl)cc1. The summed E-state index contributed by atoms with van der Waals surface area (Å²) in [6.45, 7) is 1.82. The number of halogens is 1. The average Bonchev–Trinajstić information content (AvgIpc) is 2.80. The third-order valence-corrected chi connectivity index (χ3v) is 6.87. The number of nitrogens with zero attached hydrogens (tertiary/aromatic N) is 2. The highest BCUT2D eigenvalue weighted by molar-refractivity contribution is 8.00. The van der Waals surface area contributed by atoms with Gasteiger partial charge >= 0.3 is 0 Å². The number of aryl methyl sites for hydroxylation is 1. The smallest absolute Gasteiger partial charge is 0.237 e. The Bertz CT molecular complexity index is 1130. The fraction of sp³-hybridized carbons (Fsp3) is 0.240. The van der Waals surface area contributed by atoms with E-state index in [0.29, 0.717) is 27.2 Å². The summed E-state index contributed by atoms with van der Waals surface area (Å²) < 4.78 is 0. The van der Waals surface area contributed by atoms with Gasteiger partial charge in [-0.3, -0.25) is 4.79 Å². The molecule has 4 rings (SSSR count). The molecule has 1 heterocycles.